The maximum Gasteiger partial charge on any atom is 0.0688 e. The van der Waals surface area contributed by atoms with E-state index in [2.05, 4.69) is 36.4 Å². The number of aryl methyl sites for hydroxylation is 2. The molecular formula is C17H25N3O. The number of nitrogens with one attached hydrogen (secondary N) is 1. The van der Waals surface area contributed by atoms with Crippen molar-refractivity contribution in [3.05, 3.63) is 53.9 Å². The highest BCUT2D eigenvalue weighted by atomic mass is 16.3. The van der Waals surface area contributed by atoms with Crippen LogP contribution >= 0.6 is 0 Å². The molecule has 114 valence electrons. The summed E-state index contributed by atoms with van der Waals surface area (Å²) in [5.74, 6) is 0. The fourth-order valence-corrected chi connectivity index (χ4v) is 2.72. The minimum absolute atomic E-state index is 0.0649. The van der Waals surface area contributed by atoms with Gasteiger partial charge in [0.1, 0.15) is 0 Å². The van der Waals surface area contributed by atoms with Crippen LogP contribution in [-0.2, 0) is 12.1 Å². The van der Waals surface area contributed by atoms with Crippen LogP contribution in [0.25, 0.3) is 0 Å². The zero-order chi connectivity index (χ0) is 15.3. The summed E-state index contributed by atoms with van der Waals surface area (Å²) in [6, 6.07) is 12.5. The van der Waals surface area contributed by atoms with E-state index >= 15 is 0 Å². The van der Waals surface area contributed by atoms with Crippen molar-refractivity contribution in [3.63, 3.8) is 0 Å². The summed E-state index contributed by atoms with van der Waals surface area (Å²) in [5.41, 5.74) is 1.70. The van der Waals surface area contributed by atoms with Crippen molar-refractivity contribution in [2.45, 2.75) is 45.3 Å². The van der Waals surface area contributed by atoms with Gasteiger partial charge in [0.2, 0.25) is 0 Å². The molecule has 1 unspecified atom stereocenters. The van der Waals surface area contributed by atoms with Gasteiger partial charge in [-0.25, -0.2) is 0 Å². The summed E-state index contributed by atoms with van der Waals surface area (Å²) in [4.78, 5) is 0. The molecule has 0 saturated heterocycles. The summed E-state index contributed by atoms with van der Waals surface area (Å²) in [7, 11) is 0. The Labute approximate surface area is 126 Å². The lowest BCUT2D eigenvalue weighted by molar-refractivity contribution is 0.135. The van der Waals surface area contributed by atoms with Crippen molar-refractivity contribution in [2.75, 3.05) is 6.61 Å². The Morgan fingerprint density at radius 2 is 1.95 bits per heavy atom. The van der Waals surface area contributed by atoms with Gasteiger partial charge in [-0.15, -0.1) is 0 Å². The third-order valence-corrected chi connectivity index (χ3v) is 3.70. The number of aliphatic hydroxyl groups excluding tert-OH is 1. The average Bonchev–Trinajstić information content (AvgIpc) is 2.90. The molecule has 0 spiro atoms. The predicted octanol–water partition coefficient (Wildman–Crippen LogP) is 2.47. The van der Waals surface area contributed by atoms with Gasteiger partial charge in [-0.05, 0) is 38.8 Å². The molecular weight excluding hydrogens is 262 g/mol. The number of rotatable bonds is 7. The van der Waals surface area contributed by atoms with Crippen LogP contribution in [0, 0.1) is 6.92 Å². The highest BCUT2D eigenvalue weighted by molar-refractivity contribution is 5.25. The smallest absolute Gasteiger partial charge is 0.0688 e. The third-order valence-electron chi connectivity index (χ3n) is 3.70. The van der Waals surface area contributed by atoms with Crippen LogP contribution in [0.5, 0.6) is 0 Å². The van der Waals surface area contributed by atoms with E-state index in [9.17, 15) is 5.11 Å². The molecule has 0 amide bonds. The average molecular weight is 287 g/mol. The van der Waals surface area contributed by atoms with E-state index < -0.39 is 5.54 Å². The fraction of sp³-hybridized carbons (Fsp3) is 0.471. The molecule has 0 aliphatic carbocycles. The summed E-state index contributed by atoms with van der Waals surface area (Å²) in [6.45, 7) is 7.02. The van der Waals surface area contributed by atoms with Crippen molar-refractivity contribution in [3.8, 4) is 0 Å². The van der Waals surface area contributed by atoms with Crippen molar-refractivity contribution in [1.82, 2.24) is 15.1 Å². The Morgan fingerprint density at radius 1 is 1.24 bits per heavy atom. The van der Waals surface area contributed by atoms with Crippen LogP contribution < -0.4 is 5.32 Å². The molecule has 0 bridgehead atoms. The standard InChI is InChI=1S/C17H25N3O/c1-14(2)18-17(13-21,16-7-5-4-6-8-16)10-12-20-11-9-15(3)19-20/h4-9,11,14,18,21H,10,12-13H2,1-3H3. The van der Waals surface area contributed by atoms with E-state index in [0.717, 1.165) is 24.2 Å². The summed E-state index contributed by atoms with van der Waals surface area (Å²) >= 11 is 0. The summed E-state index contributed by atoms with van der Waals surface area (Å²) in [5, 5.41) is 18.0. The highest BCUT2D eigenvalue weighted by Crippen LogP contribution is 2.26. The zero-order valence-corrected chi connectivity index (χ0v) is 13.1. The topological polar surface area (TPSA) is 50.1 Å². The van der Waals surface area contributed by atoms with Crippen molar-refractivity contribution in [1.29, 1.82) is 0 Å². The molecule has 1 heterocycles. The van der Waals surface area contributed by atoms with Crippen LogP contribution in [0.4, 0.5) is 0 Å². The molecule has 2 rings (SSSR count). The molecule has 2 aromatic rings. The first-order valence-electron chi connectivity index (χ1n) is 7.50. The van der Waals surface area contributed by atoms with Gasteiger partial charge >= 0.3 is 0 Å². The minimum Gasteiger partial charge on any atom is -0.394 e. The first kappa shape index (κ1) is 15.7. The van der Waals surface area contributed by atoms with Gasteiger partial charge in [-0.3, -0.25) is 4.68 Å². The molecule has 4 heteroatoms. The van der Waals surface area contributed by atoms with Gasteiger partial charge in [0, 0.05) is 18.8 Å². The second kappa shape index (κ2) is 6.87. The second-order valence-electron chi connectivity index (χ2n) is 5.88. The van der Waals surface area contributed by atoms with Gasteiger partial charge in [-0.1, -0.05) is 30.3 Å². The Bertz CT molecular complexity index is 550. The molecule has 21 heavy (non-hydrogen) atoms. The predicted molar refractivity (Wildman–Crippen MR) is 85.1 cm³/mol. The van der Waals surface area contributed by atoms with Crippen LogP contribution in [-0.4, -0.2) is 27.5 Å². The first-order chi connectivity index (χ1) is 10.1. The van der Waals surface area contributed by atoms with Crippen LogP contribution in [0.3, 0.4) is 0 Å². The quantitative estimate of drug-likeness (QED) is 0.822. The lowest BCUT2D eigenvalue weighted by atomic mass is 9.86. The van der Waals surface area contributed by atoms with Crippen LogP contribution in [0.2, 0.25) is 0 Å². The molecule has 0 radical (unpaired) electrons. The molecule has 1 atom stereocenters. The van der Waals surface area contributed by atoms with Crippen LogP contribution in [0.15, 0.2) is 42.6 Å². The Balaban J connectivity index is 2.22. The zero-order valence-electron chi connectivity index (χ0n) is 13.1. The lowest BCUT2D eigenvalue weighted by Gasteiger charge is -2.36. The summed E-state index contributed by atoms with van der Waals surface area (Å²) < 4.78 is 1.94. The maximum absolute atomic E-state index is 10.1. The fourth-order valence-electron chi connectivity index (χ4n) is 2.72. The molecule has 2 N–H and O–H groups in total. The molecule has 1 aromatic carbocycles. The van der Waals surface area contributed by atoms with E-state index in [1.54, 1.807) is 0 Å². The highest BCUT2D eigenvalue weighted by Gasteiger charge is 2.31. The largest absolute Gasteiger partial charge is 0.394 e. The third kappa shape index (κ3) is 3.93. The van der Waals surface area contributed by atoms with Gasteiger partial charge in [-0.2, -0.15) is 5.10 Å². The molecule has 0 saturated carbocycles. The van der Waals surface area contributed by atoms with Gasteiger partial charge in [0.15, 0.2) is 0 Å². The van der Waals surface area contributed by atoms with Crippen molar-refractivity contribution >= 4 is 0 Å². The SMILES string of the molecule is Cc1ccn(CCC(CO)(NC(C)C)c2ccccc2)n1. The van der Waals surface area contributed by atoms with Crippen LogP contribution in [0.1, 0.15) is 31.5 Å². The number of aromatic nitrogens is 2. The Hall–Kier alpha value is -1.65. The number of nitrogens with zero attached hydrogens (tertiary/aromatic N) is 2. The van der Waals surface area contributed by atoms with E-state index in [0.29, 0.717) is 0 Å². The maximum atomic E-state index is 10.1. The Kier molecular flexibility index (Phi) is 5.15. The molecule has 1 aromatic heterocycles. The normalized spacial score (nSPS) is 14.3. The Morgan fingerprint density at radius 3 is 2.48 bits per heavy atom. The monoisotopic (exact) mass is 287 g/mol. The molecule has 0 aliphatic rings. The summed E-state index contributed by atoms with van der Waals surface area (Å²) in [6.07, 6.45) is 2.77. The van der Waals surface area contributed by atoms with Gasteiger partial charge in [0.25, 0.3) is 0 Å². The lowest BCUT2D eigenvalue weighted by Crippen LogP contribution is -2.49. The minimum atomic E-state index is -0.435. The van der Waals surface area contributed by atoms with E-state index in [4.69, 9.17) is 0 Å². The van der Waals surface area contributed by atoms with Gasteiger partial charge in [0.05, 0.1) is 17.8 Å². The van der Waals surface area contributed by atoms with Crippen molar-refractivity contribution < 1.29 is 5.11 Å². The molecule has 0 aliphatic heterocycles. The van der Waals surface area contributed by atoms with Crippen molar-refractivity contribution in [2.24, 2.45) is 0 Å². The second-order valence-corrected chi connectivity index (χ2v) is 5.88. The number of hydrogen-bond donors (Lipinski definition) is 2. The van der Waals surface area contributed by atoms with Gasteiger partial charge < -0.3 is 10.4 Å². The molecule has 4 nitrogen and oxygen atoms in total. The number of benzene rings is 1. The van der Waals surface area contributed by atoms with E-state index in [1.807, 2.05) is 42.1 Å². The number of aliphatic hydroxyl groups is 1. The van der Waals surface area contributed by atoms with E-state index in [-0.39, 0.29) is 12.6 Å². The van der Waals surface area contributed by atoms with E-state index in [1.165, 1.54) is 0 Å². The molecule has 0 fully saturated rings. The number of hydrogen-bond acceptors (Lipinski definition) is 3. The first-order valence-corrected chi connectivity index (χ1v) is 7.50.